The first-order chi connectivity index (χ1) is 32.5. The number of piperidine rings is 2. The smallest absolute Gasteiger partial charge is 0.307 e. The van der Waals surface area contributed by atoms with Crippen LogP contribution in [-0.2, 0) is 48.5 Å². The van der Waals surface area contributed by atoms with Crippen LogP contribution in [0.25, 0.3) is 21.8 Å². The number of piperazine rings is 1. The molecular weight excluding hydrogens is 847 g/mol. The van der Waals surface area contributed by atoms with E-state index in [1.54, 1.807) is 15.4 Å². The van der Waals surface area contributed by atoms with Gasteiger partial charge in [0.1, 0.15) is 0 Å². The lowest BCUT2D eigenvalue weighted by molar-refractivity contribution is -0.148. The lowest BCUT2D eigenvalue weighted by atomic mass is 9.88. The summed E-state index contributed by atoms with van der Waals surface area (Å²) in [6, 6.07) is 14.3. The molecule has 14 heteroatoms. The molecule has 3 aliphatic rings. The number of hydrogen-bond donors (Lipinski definition) is 0. The van der Waals surface area contributed by atoms with Crippen molar-refractivity contribution in [1.29, 1.82) is 0 Å². The van der Waals surface area contributed by atoms with Gasteiger partial charge in [0.15, 0.2) is 13.5 Å². The molecule has 0 unspecified atom stereocenters. The number of fused-ring (bicyclic) bond motifs is 2. The molecule has 3 fully saturated rings. The first-order valence-corrected chi connectivity index (χ1v) is 25.4. The van der Waals surface area contributed by atoms with Crippen molar-refractivity contribution in [3.63, 3.8) is 0 Å². The third kappa shape index (κ3) is 13.1. The molecule has 0 saturated carbocycles. The largest absolute Gasteiger partial charge is 0.444 e. The summed E-state index contributed by atoms with van der Waals surface area (Å²) >= 11 is 0. The average Bonchev–Trinajstić information content (AvgIpc) is 3.76. The summed E-state index contributed by atoms with van der Waals surface area (Å²) in [6.07, 6.45) is 14.5. The number of esters is 2. The lowest BCUT2D eigenvalue weighted by Crippen LogP contribution is -2.55. The zero-order valence-corrected chi connectivity index (χ0v) is 40.7. The maximum absolute atomic E-state index is 14.6. The van der Waals surface area contributed by atoms with Crippen LogP contribution in [0, 0.1) is 12.8 Å². The quantitative estimate of drug-likeness (QED) is 0.0601. The average molecular weight is 922 g/mol. The minimum Gasteiger partial charge on any atom is -0.444 e. The predicted octanol–water partition coefficient (Wildman–Crippen LogP) is 7.80. The molecular formula is C53H75N7O7. The van der Waals surface area contributed by atoms with Crippen molar-refractivity contribution in [3.05, 3.63) is 75.7 Å². The van der Waals surface area contributed by atoms with Crippen molar-refractivity contribution in [1.82, 2.24) is 33.9 Å². The molecule has 2 amide bonds. The molecule has 0 N–H and O–H groups in total. The van der Waals surface area contributed by atoms with Gasteiger partial charge >= 0.3 is 11.9 Å². The van der Waals surface area contributed by atoms with E-state index in [0.29, 0.717) is 69.9 Å². The Hall–Kier alpha value is -5.08. The number of ether oxygens (including phenoxy) is 2. The first-order valence-electron chi connectivity index (χ1n) is 25.4. The Kier molecular flexibility index (Phi) is 18.0. The minimum absolute atomic E-state index is 0.0175. The normalized spacial score (nSPS) is 17.3. The van der Waals surface area contributed by atoms with Gasteiger partial charge in [-0.1, -0.05) is 76.6 Å². The van der Waals surface area contributed by atoms with Crippen LogP contribution in [0.2, 0.25) is 0 Å². The maximum Gasteiger partial charge on any atom is 0.307 e. The summed E-state index contributed by atoms with van der Waals surface area (Å²) in [7, 11) is 2.18. The molecule has 3 saturated heterocycles. The molecule has 3 aliphatic heterocycles. The van der Waals surface area contributed by atoms with Gasteiger partial charge in [-0.25, -0.2) is 4.68 Å². The van der Waals surface area contributed by atoms with Gasteiger partial charge < -0.3 is 24.2 Å². The lowest BCUT2D eigenvalue weighted by Gasteiger charge is -2.43. The van der Waals surface area contributed by atoms with Crippen LogP contribution in [0.5, 0.6) is 0 Å². The van der Waals surface area contributed by atoms with E-state index in [0.717, 1.165) is 123 Å². The monoisotopic (exact) mass is 922 g/mol. The molecule has 0 spiro atoms. The van der Waals surface area contributed by atoms with E-state index in [9.17, 15) is 24.0 Å². The number of aryl methyl sites for hydroxylation is 1. The minimum atomic E-state index is -0.553. The van der Waals surface area contributed by atoms with Crippen LogP contribution < -0.4 is 5.56 Å². The first kappa shape index (κ1) is 49.8. The van der Waals surface area contributed by atoms with Crippen molar-refractivity contribution >= 4 is 45.6 Å². The Bertz CT molecular complexity index is 2350. The molecule has 4 aromatic rings. The van der Waals surface area contributed by atoms with E-state index < -0.39 is 5.92 Å². The Morgan fingerprint density at radius 2 is 1.39 bits per heavy atom. The number of carbonyl (C=O) groups is 4. The molecule has 2 aromatic heterocycles. The van der Waals surface area contributed by atoms with E-state index in [-0.39, 0.29) is 55.1 Å². The highest BCUT2D eigenvalue weighted by molar-refractivity contribution is 5.87. The van der Waals surface area contributed by atoms with Crippen LogP contribution in [0.15, 0.2) is 53.5 Å². The number of para-hydroxylation sites is 1. The molecule has 7 rings (SSSR count). The van der Waals surface area contributed by atoms with Gasteiger partial charge in [-0.3, -0.25) is 33.4 Å². The number of pyridine rings is 1. The second kappa shape index (κ2) is 24.3. The zero-order chi connectivity index (χ0) is 47.3. The molecule has 5 heterocycles. The van der Waals surface area contributed by atoms with Gasteiger partial charge in [-0.15, -0.1) is 0 Å². The van der Waals surface area contributed by atoms with E-state index in [2.05, 4.69) is 47.9 Å². The van der Waals surface area contributed by atoms with Crippen molar-refractivity contribution in [2.24, 2.45) is 5.92 Å². The molecule has 14 nitrogen and oxygen atoms in total. The SMILES string of the molecule is CCCCCCC(=O)OCn1ncc2cc(C[C@@H](CC(=O)N3CCC(c4cc5ccccc5n(COC(=O)CCCCCC)c4=O)CC3)C(=O)N3CCN(C4CCN(C)CC4)CC3)cc(C)c21. The molecule has 0 bridgehead atoms. The highest BCUT2D eigenvalue weighted by Gasteiger charge is 2.34. The second-order valence-electron chi connectivity index (χ2n) is 19.5. The Morgan fingerprint density at radius 1 is 0.731 bits per heavy atom. The highest BCUT2D eigenvalue weighted by Crippen LogP contribution is 2.31. The number of likely N-dealkylation sites (tertiary alicyclic amines) is 2. The summed E-state index contributed by atoms with van der Waals surface area (Å²) in [5.41, 5.74) is 4.03. The fourth-order valence-electron chi connectivity index (χ4n) is 10.6. The molecule has 364 valence electrons. The fraction of sp³-hybridized carbons (Fsp3) is 0.623. The van der Waals surface area contributed by atoms with Crippen LogP contribution in [0.3, 0.4) is 0 Å². The van der Waals surface area contributed by atoms with Crippen LogP contribution in [0.4, 0.5) is 0 Å². The van der Waals surface area contributed by atoms with Crippen LogP contribution in [-0.4, -0.2) is 123 Å². The number of unbranched alkanes of at least 4 members (excludes halogenated alkanes) is 6. The van der Waals surface area contributed by atoms with Gasteiger partial charge in [0.25, 0.3) is 5.56 Å². The summed E-state index contributed by atoms with van der Waals surface area (Å²) in [5, 5.41) is 6.37. The van der Waals surface area contributed by atoms with Crippen LogP contribution >= 0.6 is 0 Å². The van der Waals surface area contributed by atoms with Gasteiger partial charge in [-0.2, -0.15) is 5.10 Å². The number of rotatable bonds is 21. The number of aromatic nitrogens is 3. The number of carbonyl (C=O) groups excluding carboxylic acids is 4. The fourth-order valence-corrected chi connectivity index (χ4v) is 10.6. The van der Waals surface area contributed by atoms with Gasteiger partial charge in [0, 0.05) is 75.5 Å². The Morgan fingerprint density at radius 3 is 2.06 bits per heavy atom. The molecule has 67 heavy (non-hydrogen) atoms. The molecule has 0 aliphatic carbocycles. The third-order valence-corrected chi connectivity index (χ3v) is 14.6. The summed E-state index contributed by atoms with van der Waals surface area (Å²) in [4.78, 5) is 77.0. The van der Waals surface area contributed by atoms with E-state index >= 15 is 0 Å². The topological polar surface area (TPSA) is 140 Å². The number of amides is 2. The van der Waals surface area contributed by atoms with Gasteiger partial charge in [-0.05, 0) is 113 Å². The Labute approximate surface area is 396 Å². The second-order valence-corrected chi connectivity index (χ2v) is 19.5. The van der Waals surface area contributed by atoms with Gasteiger partial charge in [0.2, 0.25) is 11.8 Å². The van der Waals surface area contributed by atoms with Gasteiger partial charge in [0.05, 0.1) is 23.1 Å². The van der Waals surface area contributed by atoms with Crippen molar-refractivity contribution in [2.45, 2.75) is 149 Å². The number of hydrogen-bond acceptors (Lipinski definition) is 10. The number of benzene rings is 2. The zero-order valence-electron chi connectivity index (χ0n) is 40.7. The van der Waals surface area contributed by atoms with E-state index in [1.807, 2.05) is 47.1 Å². The summed E-state index contributed by atoms with van der Waals surface area (Å²) in [6.45, 7) is 12.3. The molecule has 2 aromatic carbocycles. The standard InChI is InChI=1S/C53H75N7O7/c1-5-7-9-11-17-49(62)66-37-59-47-16-14-13-15-42(47)34-46(53(59)65)41-19-25-57(26-20-41)48(61)35-43(52(64)58-29-27-56(28-30-58)45-21-23-55(4)24-22-45)32-40-31-39(3)51-44(33-40)36-54-60(51)38-67-50(63)18-12-10-8-6-2/h13-16,31,33-34,36,41,43,45H,5-12,17-30,32,35,37-38H2,1-4H3/t43-/m0/s1. The van der Waals surface area contributed by atoms with E-state index in [4.69, 9.17) is 9.47 Å². The number of nitrogens with zero attached hydrogens (tertiary/aromatic N) is 7. The highest BCUT2D eigenvalue weighted by atomic mass is 16.5. The van der Waals surface area contributed by atoms with Crippen molar-refractivity contribution < 1.29 is 28.7 Å². The molecule has 0 radical (unpaired) electrons. The molecule has 1 atom stereocenters. The maximum atomic E-state index is 14.6. The Balaban J connectivity index is 1.03. The van der Waals surface area contributed by atoms with Crippen LogP contribution in [0.1, 0.15) is 133 Å². The van der Waals surface area contributed by atoms with Crippen molar-refractivity contribution in [3.8, 4) is 0 Å². The summed E-state index contributed by atoms with van der Waals surface area (Å²) in [5.74, 6) is -1.18. The summed E-state index contributed by atoms with van der Waals surface area (Å²) < 4.78 is 14.5. The third-order valence-electron chi connectivity index (χ3n) is 14.6. The predicted molar refractivity (Wildman–Crippen MR) is 261 cm³/mol. The van der Waals surface area contributed by atoms with E-state index in [1.165, 1.54) is 0 Å². The van der Waals surface area contributed by atoms with Crippen molar-refractivity contribution in [2.75, 3.05) is 59.4 Å².